The number of fused-ring (bicyclic) bond motifs is 1. The van der Waals surface area contributed by atoms with E-state index in [1.54, 1.807) is 0 Å². The van der Waals surface area contributed by atoms with E-state index in [-0.39, 0.29) is 0 Å². The number of aliphatic carboxylic acids is 1. The molecule has 4 nitrogen and oxygen atoms in total. The van der Waals surface area contributed by atoms with Crippen LogP contribution in [0.15, 0.2) is 52.9 Å². The Balaban J connectivity index is 1.71. The van der Waals surface area contributed by atoms with E-state index in [2.05, 4.69) is 25.2 Å². The quantitative estimate of drug-likeness (QED) is 0.723. The summed E-state index contributed by atoms with van der Waals surface area (Å²) in [5, 5.41) is 13.6. The molecule has 0 unspecified atom stereocenters. The molecule has 124 valence electrons. The second-order valence-corrected chi connectivity index (χ2v) is 6.15. The summed E-state index contributed by atoms with van der Waals surface area (Å²) in [6.07, 6.45) is 0.439. The van der Waals surface area contributed by atoms with Crippen molar-refractivity contribution in [1.82, 2.24) is 5.32 Å². The van der Waals surface area contributed by atoms with Gasteiger partial charge in [-0.15, -0.1) is 0 Å². The number of benzene rings is 2. The van der Waals surface area contributed by atoms with Crippen LogP contribution in [-0.2, 0) is 17.8 Å². The number of aryl methyl sites for hydroxylation is 2. The van der Waals surface area contributed by atoms with Crippen LogP contribution in [0.2, 0.25) is 0 Å². The van der Waals surface area contributed by atoms with Crippen molar-refractivity contribution < 1.29 is 14.3 Å². The molecule has 24 heavy (non-hydrogen) atoms. The Kier molecular flexibility index (Phi) is 4.67. The fourth-order valence-corrected chi connectivity index (χ4v) is 2.76. The van der Waals surface area contributed by atoms with Crippen molar-refractivity contribution >= 4 is 16.9 Å². The van der Waals surface area contributed by atoms with Gasteiger partial charge in [0.1, 0.15) is 17.4 Å². The molecule has 2 aromatic carbocycles. The smallest absolute Gasteiger partial charge is 0.321 e. The van der Waals surface area contributed by atoms with Gasteiger partial charge in [-0.2, -0.15) is 0 Å². The normalized spacial score (nSPS) is 12.4. The molecule has 2 N–H and O–H groups in total. The molecule has 0 amide bonds. The number of carbonyl (C=O) groups is 1. The third-order valence-corrected chi connectivity index (χ3v) is 4.29. The van der Waals surface area contributed by atoms with E-state index >= 15 is 0 Å². The maximum Gasteiger partial charge on any atom is 0.321 e. The van der Waals surface area contributed by atoms with Gasteiger partial charge in [-0.3, -0.25) is 10.1 Å². The fourth-order valence-electron chi connectivity index (χ4n) is 2.76. The van der Waals surface area contributed by atoms with Crippen LogP contribution in [0.3, 0.4) is 0 Å². The van der Waals surface area contributed by atoms with E-state index in [0.29, 0.717) is 13.0 Å². The number of furan rings is 1. The van der Waals surface area contributed by atoms with Gasteiger partial charge in [-0.05, 0) is 55.2 Å². The molecule has 4 heteroatoms. The van der Waals surface area contributed by atoms with Gasteiger partial charge in [0.15, 0.2) is 0 Å². The zero-order valence-corrected chi connectivity index (χ0v) is 13.9. The van der Waals surface area contributed by atoms with Crippen molar-refractivity contribution in [2.24, 2.45) is 0 Å². The Morgan fingerprint density at radius 3 is 2.54 bits per heavy atom. The molecular weight excluding hydrogens is 302 g/mol. The summed E-state index contributed by atoms with van der Waals surface area (Å²) < 4.78 is 5.83. The third-order valence-electron chi connectivity index (χ3n) is 4.29. The lowest BCUT2D eigenvalue weighted by Gasteiger charge is -2.13. The molecule has 0 aliphatic heterocycles. The highest BCUT2D eigenvalue weighted by atomic mass is 16.4. The van der Waals surface area contributed by atoms with Gasteiger partial charge in [-0.1, -0.05) is 30.3 Å². The molecular formula is C20H21NO3. The van der Waals surface area contributed by atoms with Crippen molar-refractivity contribution in [2.75, 3.05) is 0 Å². The Hall–Kier alpha value is -2.59. The molecule has 0 bridgehead atoms. The first-order valence-electron chi connectivity index (χ1n) is 8.02. The SMILES string of the molecule is Cc1cc2cc(CN[C@H](Cc3ccccc3)C(=O)O)oc2cc1C. The van der Waals surface area contributed by atoms with E-state index in [0.717, 1.165) is 22.3 Å². The Bertz CT molecular complexity index is 813. The maximum absolute atomic E-state index is 11.5. The minimum atomic E-state index is -0.860. The number of carboxylic acid groups (broad SMARTS) is 1. The lowest BCUT2D eigenvalue weighted by molar-refractivity contribution is -0.139. The molecule has 1 aromatic heterocycles. The Labute approximate surface area is 141 Å². The van der Waals surface area contributed by atoms with Gasteiger partial charge in [0.05, 0.1) is 6.54 Å². The molecule has 0 aliphatic rings. The molecule has 3 aromatic rings. The molecule has 1 heterocycles. The predicted octanol–water partition coefficient (Wildman–Crippen LogP) is 3.84. The average molecular weight is 323 g/mol. The van der Waals surface area contributed by atoms with Gasteiger partial charge < -0.3 is 9.52 Å². The van der Waals surface area contributed by atoms with Crippen LogP contribution in [0.1, 0.15) is 22.5 Å². The highest BCUT2D eigenvalue weighted by Gasteiger charge is 2.18. The van der Waals surface area contributed by atoms with Crippen LogP contribution in [0, 0.1) is 13.8 Å². The van der Waals surface area contributed by atoms with Gasteiger partial charge in [0.25, 0.3) is 0 Å². The summed E-state index contributed by atoms with van der Waals surface area (Å²) in [7, 11) is 0. The second kappa shape index (κ2) is 6.89. The van der Waals surface area contributed by atoms with Crippen molar-refractivity contribution in [2.45, 2.75) is 32.9 Å². The fraction of sp³-hybridized carbons (Fsp3) is 0.250. The molecule has 0 radical (unpaired) electrons. The van der Waals surface area contributed by atoms with Crippen LogP contribution >= 0.6 is 0 Å². The van der Waals surface area contributed by atoms with E-state index in [1.807, 2.05) is 42.5 Å². The summed E-state index contributed by atoms with van der Waals surface area (Å²) in [6.45, 7) is 4.51. The van der Waals surface area contributed by atoms with E-state index in [4.69, 9.17) is 4.42 Å². The van der Waals surface area contributed by atoms with E-state index in [1.165, 1.54) is 11.1 Å². The summed E-state index contributed by atoms with van der Waals surface area (Å²) in [4.78, 5) is 11.5. The van der Waals surface area contributed by atoms with Crippen LogP contribution in [-0.4, -0.2) is 17.1 Å². The summed E-state index contributed by atoms with van der Waals surface area (Å²) in [5.74, 6) is -0.115. The minimum Gasteiger partial charge on any atom is -0.480 e. The van der Waals surface area contributed by atoms with Crippen molar-refractivity contribution in [3.05, 3.63) is 71.0 Å². The zero-order chi connectivity index (χ0) is 17.1. The highest BCUT2D eigenvalue weighted by Crippen LogP contribution is 2.23. The number of nitrogens with one attached hydrogen (secondary N) is 1. The third kappa shape index (κ3) is 3.66. The van der Waals surface area contributed by atoms with E-state index in [9.17, 15) is 9.90 Å². The average Bonchev–Trinajstić information content (AvgIpc) is 2.94. The highest BCUT2D eigenvalue weighted by molar-refractivity contribution is 5.79. The monoisotopic (exact) mass is 323 g/mol. The first-order chi connectivity index (χ1) is 11.5. The Morgan fingerprint density at radius 2 is 1.83 bits per heavy atom. The van der Waals surface area contributed by atoms with Crippen molar-refractivity contribution in [1.29, 1.82) is 0 Å². The number of hydrogen-bond acceptors (Lipinski definition) is 3. The lowest BCUT2D eigenvalue weighted by Crippen LogP contribution is -2.37. The molecule has 0 saturated heterocycles. The van der Waals surface area contributed by atoms with Crippen molar-refractivity contribution in [3.8, 4) is 0 Å². The standard InChI is InChI=1S/C20H21NO3/c1-13-8-16-11-17(24-19(16)9-14(13)2)12-21-18(20(22)23)10-15-6-4-3-5-7-15/h3-9,11,18,21H,10,12H2,1-2H3,(H,22,23)/t18-/m1/s1. The predicted molar refractivity (Wildman–Crippen MR) is 94.1 cm³/mol. The molecule has 3 rings (SSSR count). The minimum absolute atomic E-state index is 0.385. The summed E-state index contributed by atoms with van der Waals surface area (Å²) >= 11 is 0. The largest absolute Gasteiger partial charge is 0.480 e. The van der Waals surface area contributed by atoms with E-state index < -0.39 is 12.0 Å². The first kappa shape index (κ1) is 16.3. The van der Waals surface area contributed by atoms with Crippen molar-refractivity contribution in [3.63, 3.8) is 0 Å². The molecule has 0 aliphatic carbocycles. The van der Waals surface area contributed by atoms with Crippen LogP contribution in [0.4, 0.5) is 0 Å². The van der Waals surface area contributed by atoms with Gasteiger partial charge >= 0.3 is 5.97 Å². The van der Waals surface area contributed by atoms with Crippen LogP contribution in [0.5, 0.6) is 0 Å². The summed E-state index contributed by atoms with van der Waals surface area (Å²) in [5.41, 5.74) is 4.23. The first-order valence-corrected chi connectivity index (χ1v) is 8.02. The number of hydrogen-bond donors (Lipinski definition) is 2. The second-order valence-electron chi connectivity index (χ2n) is 6.15. The maximum atomic E-state index is 11.5. The molecule has 0 spiro atoms. The van der Waals surface area contributed by atoms with Gasteiger partial charge in [0.2, 0.25) is 0 Å². The lowest BCUT2D eigenvalue weighted by atomic mass is 10.1. The molecule has 1 atom stereocenters. The summed E-state index contributed by atoms with van der Waals surface area (Å²) in [6, 6.07) is 15.1. The Morgan fingerprint density at radius 1 is 1.12 bits per heavy atom. The van der Waals surface area contributed by atoms with Crippen LogP contribution < -0.4 is 5.32 Å². The van der Waals surface area contributed by atoms with Gasteiger partial charge in [0, 0.05) is 5.39 Å². The van der Waals surface area contributed by atoms with Crippen LogP contribution in [0.25, 0.3) is 11.0 Å². The van der Waals surface area contributed by atoms with Gasteiger partial charge in [-0.25, -0.2) is 0 Å². The molecule has 0 fully saturated rings. The zero-order valence-electron chi connectivity index (χ0n) is 13.9. The topological polar surface area (TPSA) is 62.5 Å². The number of rotatable bonds is 6. The number of carboxylic acids is 1. The molecule has 0 saturated carbocycles.